The summed E-state index contributed by atoms with van der Waals surface area (Å²) in [6.07, 6.45) is 0. The zero-order valence-corrected chi connectivity index (χ0v) is 31.7. The van der Waals surface area contributed by atoms with Crippen molar-refractivity contribution in [2.24, 2.45) is 0 Å². The summed E-state index contributed by atoms with van der Waals surface area (Å²) in [6.45, 7) is 4.73. The van der Waals surface area contributed by atoms with E-state index in [0.29, 0.717) is 0 Å². The normalized spacial score (nSPS) is 13.6. The molecule has 2 aliphatic carbocycles. The molecule has 0 saturated carbocycles. The number of benzene rings is 9. The first-order chi connectivity index (χ1) is 28.0. The monoisotopic (exact) mass is 724 g/mol. The Kier molecular flexibility index (Phi) is 6.00. The van der Waals surface area contributed by atoms with Gasteiger partial charge in [-0.25, -0.2) is 0 Å². The predicted octanol–water partition coefficient (Wildman–Crippen LogP) is 14.7. The van der Waals surface area contributed by atoms with Gasteiger partial charge in [-0.2, -0.15) is 0 Å². The van der Waals surface area contributed by atoms with Crippen molar-refractivity contribution in [3.63, 3.8) is 0 Å². The van der Waals surface area contributed by atoms with Gasteiger partial charge in [0.05, 0.1) is 22.1 Å². The summed E-state index contributed by atoms with van der Waals surface area (Å²) >= 11 is 0. The molecule has 0 atom stereocenters. The maximum Gasteiger partial charge on any atom is 0.0553 e. The smallest absolute Gasteiger partial charge is 0.0553 e. The first-order valence-corrected chi connectivity index (χ1v) is 20.0. The third kappa shape index (κ3) is 4.04. The standard InChI is InChI=1S/C55H36N2/c1-55(2)47-21-10-8-17-39(47)43-30-45-44-29-34(25-28-50(44)56(51(45)32-48(43)55)35-13-4-3-5-14-35)33-23-26-36(27-24-33)57-49-22-11-9-18-41(49)54-42-20-12-19-40-37-15-6-7-16-38(37)46(53(40)42)31-52(54)57/h3-32H,1-2H3. The molecule has 0 bridgehead atoms. The van der Waals surface area contributed by atoms with E-state index >= 15 is 0 Å². The van der Waals surface area contributed by atoms with Crippen LogP contribution in [0.25, 0.3) is 110 Å². The predicted molar refractivity (Wildman–Crippen MR) is 240 cm³/mol. The Balaban J connectivity index is 0.998. The Hall–Kier alpha value is -7.16. The largest absolute Gasteiger partial charge is 0.309 e. The lowest BCUT2D eigenvalue weighted by atomic mass is 9.82. The van der Waals surface area contributed by atoms with Crippen LogP contribution in [0.1, 0.15) is 25.0 Å². The van der Waals surface area contributed by atoms with E-state index in [1.54, 1.807) is 0 Å². The van der Waals surface area contributed by atoms with E-state index in [4.69, 9.17) is 0 Å². The van der Waals surface area contributed by atoms with Crippen LogP contribution in [0.4, 0.5) is 0 Å². The van der Waals surface area contributed by atoms with E-state index in [-0.39, 0.29) is 5.41 Å². The minimum Gasteiger partial charge on any atom is -0.309 e. The van der Waals surface area contributed by atoms with Crippen LogP contribution < -0.4 is 0 Å². The molecule has 9 aromatic carbocycles. The topological polar surface area (TPSA) is 9.86 Å². The second-order valence-corrected chi connectivity index (χ2v) is 16.5. The highest BCUT2D eigenvalue weighted by Crippen LogP contribution is 2.53. The molecule has 0 aliphatic heterocycles. The number of rotatable bonds is 3. The molecule has 57 heavy (non-hydrogen) atoms. The molecule has 0 unspecified atom stereocenters. The molecule has 13 rings (SSSR count). The third-order valence-electron chi connectivity index (χ3n) is 13.2. The molecule has 0 N–H and O–H groups in total. The van der Waals surface area contributed by atoms with Gasteiger partial charge in [0.25, 0.3) is 0 Å². The van der Waals surface area contributed by atoms with Crippen LogP contribution in [-0.2, 0) is 5.41 Å². The SMILES string of the molecule is CC1(C)c2ccccc2-c2cc3c4cc(-c5ccc(-n6c7ccccc7c7c8cccc9c8c(cc76)-c6ccccc6-9)cc5)ccc4n(-c4ccccc4)c3cc21. The van der Waals surface area contributed by atoms with E-state index < -0.39 is 0 Å². The summed E-state index contributed by atoms with van der Waals surface area (Å²) in [4.78, 5) is 0. The van der Waals surface area contributed by atoms with Crippen LogP contribution >= 0.6 is 0 Å². The fourth-order valence-electron chi connectivity index (χ4n) is 10.7. The van der Waals surface area contributed by atoms with Crippen LogP contribution in [0.5, 0.6) is 0 Å². The summed E-state index contributed by atoms with van der Waals surface area (Å²) in [5, 5.41) is 7.85. The molecule has 0 amide bonds. The zero-order chi connectivity index (χ0) is 37.6. The van der Waals surface area contributed by atoms with Gasteiger partial charge < -0.3 is 9.13 Å². The van der Waals surface area contributed by atoms with E-state index in [1.807, 2.05) is 0 Å². The maximum absolute atomic E-state index is 2.47. The molecule has 2 heterocycles. The average Bonchev–Trinajstić information content (AvgIpc) is 3.95. The molecule has 11 aromatic rings. The summed E-state index contributed by atoms with van der Waals surface area (Å²) in [6, 6.07) is 68.0. The van der Waals surface area contributed by atoms with Crippen molar-refractivity contribution in [3.05, 3.63) is 193 Å². The number of aromatic nitrogens is 2. The molecule has 2 nitrogen and oxygen atoms in total. The Bertz CT molecular complexity index is 3520. The molecule has 0 spiro atoms. The molecule has 0 fully saturated rings. The minimum atomic E-state index is -0.0698. The Labute approximate surface area is 330 Å². The summed E-state index contributed by atoms with van der Waals surface area (Å²) < 4.78 is 4.92. The van der Waals surface area contributed by atoms with Gasteiger partial charge in [0.15, 0.2) is 0 Å². The number of hydrogen-bond acceptors (Lipinski definition) is 0. The molecule has 2 aliphatic rings. The number of nitrogens with zero attached hydrogens (tertiary/aromatic N) is 2. The highest BCUT2D eigenvalue weighted by Gasteiger charge is 2.36. The first-order valence-electron chi connectivity index (χ1n) is 20.0. The molecule has 266 valence electrons. The van der Waals surface area contributed by atoms with E-state index in [1.165, 1.54) is 116 Å². The van der Waals surface area contributed by atoms with Gasteiger partial charge in [-0.1, -0.05) is 135 Å². The Morgan fingerprint density at radius 1 is 0.316 bits per heavy atom. The van der Waals surface area contributed by atoms with E-state index in [2.05, 4.69) is 205 Å². The third-order valence-corrected chi connectivity index (χ3v) is 13.2. The number of fused-ring (bicyclic) bond motifs is 13. The Morgan fingerprint density at radius 3 is 1.77 bits per heavy atom. The summed E-state index contributed by atoms with van der Waals surface area (Å²) in [5.74, 6) is 0. The summed E-state index contributed by atoms with van der Waals surface area (Å²) in [5.41, 5.74) is 20.4. The molecule has 2 aromatic heterocycles. The van der Waals surface area contributed by atoms with Gasteiger partial charge in [-0.3, -0.25) is 0 Å². The quantitative estimate of drug-likeness (QED) is 0.172. The lowest BCUT2D eigenvalue weighted by Gasteiger charge is -2.21. The van der Waals surface area contributed by atoms with Gasteiger partial charge in [0.1, 0.15) is 0 Å². The fourth-order valence-corrected chi connectivity index (χ4v) is 10.7. The van der Waals surface area contributed by atoms with Crippen molar-refractivity contribution in [1.29, 1.82) is 0 Å². The number of hydrogen-bond donors (Lipinski definition) is 0. The molecular formula is C55H36N2. The van der Waals surface area contributed by atoms with E-state index in [9.17, 15) is 0 Å². The van der Waals surface area contributed by atoms with Gasteiger partial charge in [0, 0.05) is 38.3 Å². The van der Waals surface area contributed by atoms with Crippen molar-refractivity contribution >= 4 is 54.4 Å². The Morgan fingerprint density at radius 2 is 0.930 bits per heavy atom. The second kappa shape index (κ2) is 11.0. The van der Waals surface area contributed by atoms with Crippen LogP contribution in [0.15, 0.2) is 182 Å². The molecular weight excluding hydrogens is 689 g/mol. The lowest BCUT2D eigenvalue weighted by molar-refractivity contribution is 0.661. The maximum atomic E-state index is 2.47. The van der Waals surface area contributed by atoms with Crippen molar-refractivity contribution in [1.82, 2.24) is 9.13 Å². The molecule has 2 heteroatoms. The van der Waals surface area contributed by atoms with Crippen molar-refractivity contribution in [2.45, 2.75) is 19.3 Å². The molecule has 0 saturated heterocycles. The fraction of sp³-hybridized carbons (Fsp3) is 0.0545. The second-order valence-electron chi connectivity index (χ2n) is 16.5. The van der Waals surface area contributed by atoms with Crippen LogP contribution in [0.3, 0.4) is 0 Å². The van der Waals surface area contributed by atoms with E-state index in [0.717, 1.165) is 5.69 Å². The minimum absolute atomic E-state index is 0.0698. The van der Waals surface area contributed by atoms with Crippen molar-refractivity contribution < 1.29 is 0 Å². The van der Waals surface area contributed by atoms with Gasteiger partial charge in [0.2, 0.25) is 0 Å². The highest BCUT2D eigenvalue weighted by atomic mass is 15.0. The van der Waals surface area contributed by atoms with Crippen LogP contribution in [0.2, 0.25) is 0 Å². The van der Waals surface area contributed by atoms with Crippen LogP contribution in [-0.4, -0.2) is 9.13 Å². The van der Waals surface area contributed by atoms with Crippen LogP contribution in [0, 0.1) is 0 Å². The highest BCUT2D eigenvalue weighted by molar-refractivity contribution is 6.29. The van der Waals surface area contributed by atoms with Crippen molar-refractivity contribution in [2.75, 3.05) is 0 Å². The first kappa shape index (κ1) is 31.1. The number of para-hydroxylation sites is 2. The average molecular weight is 725 g/mol. The van der Waals surface area contributed by atoms with Gasteiger partial charge >= 0.3 is 0 Å². The van der Waals surface area contributed by atoms with Gasteiger partial charge in [-0.05, 0) is 127 Å². The summed E-state index contributed by atoms with van der Waals surface area (Å²) in [7, 11) is 0. The van der Waals surface area contributed by atoms with Gasteiger partial charge in [-0.15, -0.1) is 0 Å². The molecule has 0 radical (unpaired) electrons. The lowest BCUT2D eigenvalue weighted by Crippen LogP contribution is -2.14. The van der Waals surface area contributed by atoms with Crippen molar-refractivity contribution in [3.8, 4) is 55.9 Å². The zero-order valence-electron chi connectivity index (χ0n) is 31.7.